The molecule has 0 saturated heterocycles. The van der Waals surface area contributed by atoms with E-state index in [9.17, 15) is 4.79 Å². The zero-order chi connectivity index (χ0) is 13.9. The Morgan fingerprint density at radius 3 is 2.95 bits per heavy atom. The molecule has 3 atom stereocenters. The van der Waals surface area contributed by atoms with Crippen LogP contribution in [0.5, 0.6) is 0 Å². The van der Waals surface area contributed by atoms with E-state index in [0.717, 1.165) is 38.0 Å². The summed E-state index contributed by atoms with van der Waals surface area (Å²) in [4.78, 5) is 13.6. The summed E-state index contributed by atoms with van der Waals surface area (Å²) in [7, 11) is 0. The number of Topliss-reactive ketones (excluding diaryl/α,β-unsaturated/α-hetero) is 1. The average Bonchev–Trinajstić information content (AvgIpc) is 2.85. The lowest BCUT2D eigenvalue weighted by atomic mass is 9.76. The summed E-state index contributed by atoms with van der Waals surface area (Å²) in [6.45, 7) is 2.26. The number of thioether (sulfide) groups is 1. The molecule has 0 bridgehead atoms. The molecule has 1 aromatic carbocycles. The second-order valence-electron chi connectivity index (χ2n) is 6.38. The summed E-state index contributed by atoms with van der Waals surface area (Å²) >= 11 is 1.99. The van der Waals surface area contributed by atoms with Gasteiger partial charge in [0, 0.05) is 22.5 Å². The molecule has 1 nitrogen and oxygen atoms in total. The van der Waals surface area contributed by atoms with E-state index in [1.807, 2.05) is 11.8 Å². The fourth-order valence-corrected chi connectivity index (χ4v) is 5.21. The second kappa shape index (κ2) is 6.34. The molecule has 0 radical (unpaired) electrons. The Morgan fingerprint density at radius 1 is 1.30 bits per heavy atom. The van der Waals surface area contributed by atoms with Crippen LogP contribution in [0.1, 0.15) is 51.0 Å². The largest absolute Gasteiger partial charge is 0.299 e. The zero-order valence-electron chi connectivity index (χ0n) is 12.3. The fourth-order valence-electron chi connectivity index (χ4n) is 3.80. The second-order valence-corrected chi connectivity index (χ2v) is 7.72. The molecule has 1 aliphatic heterocycles. The highest BCUT2D eigenvalue weighted by atomic mass is 32.2. The molecular weight excluding hydrogens is 264 g/mol. The third-order valence-electron chi connectivity index (χ3n) is 4.83. The van der Waals surface area contributed by atoms with E-state index in [1.54, 1.807) is 0 Å². The van der Waals surface area contributed by atoms with Crippen molar-refractivity contribution in [1.29, 1.82) is 0 Å². The van der Waals surface area contributed by atoms with Crippen molar-refractivity contribution in [2.24, 2.45) is 11.8 Å². The van der Waals surface area contributed by atoms with Crippen LogP contribution in [-0.4, -0.2) is 11.0 Å². The highest BCUT2D eigenvalue weighted by Crippen LogP contribution is 2.42. The van der Waals surface area contributed by atoms with Crippen molar-refractivity contribution in [2.75, 3.05) is 0 Å². The predicted octanol–water partition coefficient (Wildman–Crippen LogP) is 4.88. The van der Waals surface area contributed by atoms with E-state index in [-0.39, 0.29) is 0 Å². The highest BCUT2D eigenvalue weighted by molar-refractivity contribution is 8.00. The van der Waals surface area contributed by atoms with Gasteiger partial charge >= 0.3 is 0 Å². The third-order valence-corrected chi connectivity index (χ3v) is 6.17. The Kier molecular flexibility index (Phi) is 4.50. The first-order valence-corrected chi connectivity index (χ1v) is 8.91. The maximum atomic E-state index is 12.2. The molecule has 1 saturated carbocycles. The minimum Gasteiger partial charge on any atom is -0.299 e. The van der Waals surface area contributed by atoms with Gasteiger partial charge in [0.25, 0.3) is 0 Å². The molecule has 0 aromatic heterocycles. The van der Waals surface area contributed by atoms with Crippen molar-refractivity contribution in [1.82, 2.24) is 0 Å². The standard InChI is InChI=1S/C18H24OS/c1-2-5-13-8-9-17(19)15(10-13)12-16-11-14-6-3-4-7-18(14)20-16/h3-4,6-7,13,15-16H,2,5,8-12H2,1H3. The van der Waals surface area contributed by atoms with Crippen LogP contribution in [0.25, 0.3) is 0 Å². The zero-order valence-corrected chi connectivity index (χ0v) is 13.1. The molecule has 1 heterocycles. The number of hydrogen-bond acceptors (Lipinski definition) is 2. The van der Waals surface area contributed by atoms with Crippen LogP contribution >= 0.6 is 11.8 Å². The number of hydrogen-bond donors (Lipinski definition) is 0. The number of fused-ring (bicyclic) bond motifs is 1. The lowest BCUT2D eigenvalue weighted by Crippen LogP contribution is -2.27. The first kappa shape index (κ1) is 14.2. The number of carbonyl (C=O) groups is 1. The molecule has 108 valence electrons. The average molecular weight is 288 g/mol. The Balaban J connectivity index is 1.59. The monoisotopic (exact) mass is 288 g/mol. The molecule has 3 unspecified atom stereocenters. The van der Waals surface area contributed by atoms with E-state index < -0.39 is 0 Å². The van der Waals surface area contributed by atoms with Crippen molar-refractivity contribution in [3.63, 3.8) is 0 Å². The number of carbonyl (C=O) groups excluding carboxylic acids is 1. The van der Waals surface area contributed by atoms with E-state index in [1.165, 1.54) is 23.3 Å². The van der Waals surface area contributed by atoms with Gasteiger partial charge in [-0.15, -0.1) is 11.8 Å². The van der Waals surface area contributed by atoms with Crippen molar-refractivity contribution >= 4 is 17.5 Å². The van der Waals surface area contributed by atoms with Crippen LogP contribution in [0.4, 0.5) is 0 Å². The van der Waals surface area contributed by atoms with Crippen LogP contribution in [0.2, 0.25) is 0 Å². The van der Waals surface area contributed by atoms with Crippen molar-refractivity contribution in [3.8, 4) is 0 Å². The van der Waals surface area contributed by atoms with Gasteiger partial charge < -0.3 is 0 Å². The number of benzene rings is 1. The molecule has 1 aromatic rings. The van der Waals surface area contributed by atoms with Crippen LogP contribution in [0.3, 0.4) is 0 Å². The van der Waals surface area contributed by atoms with Gasteiger partial charge in [-0.3, -0.25) is 4.79 Å². The molecule has 2 heteroatoms. The summed E-state index contributed by atoms with van der Waals surface area (Å²) in [5.41, 5.74) is 1.48. The summed E-state index contributed by atoms with van der Waals surface area (Å²) in [5.74, 6) is 1.68. The molecule has 1 fully saturated rings. The highest BCUT2D eigenvalue weighted by Gasteiger charge is 2.32. The molecular formula is C18H24OS. The van der Waals surface area contributed by atoms with E-state index in [0.29, 0.717) is 17.0 Å². The van der Waals surface area contributed by atoms with E-state index in [2.05, 4.69) is 31.2 Å². The summed E-state index contributed by atoms with van der Waals surface area (Å²) < 4.78 is 0. The Bertz CT molecular complexity index is 457. The maximum absolute atomic E-state index is 12.2. The van der Waals surface area contributed by atoms with Gasteiger partial charge in [0.2, 0.25) is 0 Å². The lowest BCUT2D eigenvalue weighted by molar-refractivity contribution is -0.125. The van der Waals surface area contributed by atoms with Gasteiger partial charge in [-0.2, -0.15) is 0 Å². The molecule has 20 heavy (non-hydrogen) atoms. The summed E-state index contributed by atoms with van der Waals surface area (Å²) in [5, 5.41) is 0.627. The van der Waals surface area contributed by atoms with E-state index >= 15 is 0 Å². The smallest absolute Gasteiger partial charge is 0.136 e. The molecule has 2 aliphatic rings. The minimum absolute atomic E-state index is 0.340. The summed E-state index contributed by atoms with van der Waals surface area (Å²) in [6.07, 6.45) is 7.94. The third kappa shape index (κ3) is 3.11. The number of ketones is 1. The molecule has 0 spiro atoms. The molecule has 3 rings (SSSR count). The Morgan fingerprint density at radius 2 is 2.15 bits per heavy atom. The van der Waals surface area contributed by atoms with Crippen LogP contribution < -0.4 is 0 Å². The van der Waals surface area contributed by atoms with Crippen molar-refractivity contribution in [2.45, 2.75) is 62.0 Å². The van der Waals surface area contributed by atoms with Crippen molar-refractivity contribution < 1.29 is 4.79 Å². The predicted molar refractivity (Wildman–Crippen MR) is 85.2 cm³/mol. The quantitative estimate of drug-likeness (QED) is 0.785. The van der Waals surface area contributed by atoms with Gasteiger partial charge in [0.05, 0.1) is 0 Å². The van der Waals surface area contributed by atoms with Gasteiger partial charge in [-0.1, -0.05) is 38.0 Å². The minimum atomic E-state index is 0.340. The normalized spacial score (nSPS) is 29.4. The fraction of sp³-hybridized carbons (Fsp3) is 0.611. The van der Waals surface area contributed by atoms with Crippen LogP contribution in [0, 0.1) is 11.8 Å². The maximum Gasteiger partial charge on any atom is 0.136 e. The van der Waals surface area contributed by atoms with Crippen molar-refractivity contribution in [3.05, 3.63) is 29.8 Å². The molecule has 1 aliphatic carbocycles. The van der Waals surface area contributed by atoms with Gasteiger partial charge in [-0.25, -0.2) is 0 Å². The topological polar surface area (TPSA) is 17.1 Å². The molecule has 0 amide bonds. The van der Waals surface area contributed by atoms with Crippen LogP contribution in [0.15, 0.2) is 29.2 Å². The molecule has 0 N–H and O–H groups in total. The van der Waals surface area contributed by atoms with E-state index in [4.69, 9.17) is 0 Å². The first-order valence-electron chi connectivity index (χ1n) is 8.03. The number of rotatable bonds is 4. The summed E-state index contributed by atoms with van der Waals surface area (Å²) in [6, 6.07) is 8.72. The Labute approximate surface area is 126 Å². The van der Waals surface area contributed by atoms with Gasteiger partial charge in [0.1, 0.15) is 5.78 Å². The van der Waals surface area contributed by atoms with Crippen LogP contribution in [-0.2, 0) is 11.2 Å². The van der Waals surface area contributed by atoms with Gasteiger partial charge in [-0.05, 0) is 43.2 Å². The lowest BCUT2D eigenvalue weighted by Gasteiger charge is -2.29. The van der Waals surface area contributed by atoms with Gasteiger partial charge in [0.15, 0.2) is 0 Å². The Hall–Kier alpha value is -0.760. The first-order chi connectivity index (χ1) is 9.76. The SMILES string of the molecule is CCCC1CCC(=O)C(CC2Cc3ccccc3S2)C1.